The van der Waals surface area contributed by atoms with Gasteiger partial charge in [-0.1, -0.05) is 24.6 Å². The Morgan fingerprint density at radius 3 is 2.94 bits per heavy atom. The second-order valence-corrected chi connectivity index (χ2v) is 9.68. The first-order valence-corrected chi connectivity index (χ1v) is 12.3. The largest absolute Gasteiger partial charge is 0.391 e. The lowest BCUT2D eigenvalue weighted by Gasteiger charge is -2.21. The van der Waals surface area contributed by atoms with Crippen molar-refractivity contribution in [2.45, 2.75) is 44.9 Å². The summed E-state index contributed by atoms with van der Waals surface area (Å²) in [6, 6.07) is 8.00. The number of hydrogen-bond donors (Lipinski definition) is 3. The van der Waals surface area contributed by atoms with Crippen LogP contribution < -0.4 is 10.5 Å². The Morgan fingerprint density at radius 1 is 1.38 bits per heavy atom. The molecule has 4 N–H and O–H groups in total. The van der Waals surface area contributed by atoms with Gasteiger partial charge in [0.15, 0.2) is 0 Å². The molecule has 3 aromatic rings. The molecule has 9 nitrogen and oxygen atoms in total. The zero-order valence-electron chi connectivity index (χ0n) is 17.6. The van der Waals surface area contributed by atoms with Crippen LogP contribution in [0.4, 0.5) is 5.82 Å². The highest BCUT2D eigenvalue weighted by atomic mass is 35.5. The van der Waals surface area contributed by atoms with Crippen molar-refractivity contribution in [2.24, 2.45) is 11.1 Å². The number of aliphatic hydroxyl groups excluding tert-OH is 1. The predicted octanol–water partition coefficient (Wildman–Crippen LogP) is 2.79. The first-order valence-electron chi connectivity index (χ1n) is 10.4. The van der Waals surface area contributed by atoms with Gasteiger partial charge in [0.2, 0.25) is 0 Å². The van der Waals surface area contributed by atoms with Gasteiger partial charge in [0, 0.05) is 17.1 Å². The molecule has 1 aliphatic rings. The van der Waals surface area contributed by atoms with E-state index in [1.54, 1.807) is 0 Å². The van der Waals surface area contributed by atoms with Crippen LogP contribution in [0.3, 0.4) is 0 Å². The van der Waals surface area contributed by atoms with E-state index in [-0.39, 0.29) is 19.2 Å². The molecule has 2 aromatic heterocycles. The van der Waals surface area contributed by atoms with E-state index >= 15 is 0 Å². The number of aryl methyl sites for hydroxylation is 1. The average molecular weight is 480 g/mol. The molecule has 1 aromatic carbocycles. The van der Waals surface area contributed by atoms with Crippen LogP contribution in [0.2, 0.25) is 5.02 Å². The van der Waals surface area contributed by atoms with Crippen LogP contribution in [0.15, 0.2) is 36.8 Å². The highest BCUT2D eigenvalue weighted by Crippen LogP contribution is 2.36. The van der Waals surface area contributed by atoms with Gasteiger partial charge in [0.1, 0.15) is 17.8 Å². The summed E-state index contributed by atoms with van der Waals surface area (Å²) in [7, 11) is -4.05. The molecule has 11 heteroatoms. The van der Waals surface area contributed by atoms with Gasteiger partial charge in [-0.2, -0.15) is 8.42 Å². The summed E-state index contributed by atoms with van der Waals surface area (Å²) in [5, 5.41) is 20.7. The summed E-state index contributed by atoms with van der Waals surface area (Å²) < 4.78 is 28.7. The molecule has 0 radical (unpaired) electrons. The fraction of sp³-hybridized carbons (Fsp3) is 0.429. The standard InChI is InChI=1S/C21H26ClN5O4S/c1-2-13(11-31-32(23,29)30)19(28)10-27-8-7-17-20(24-12-25-21(17)27)26-18-6-3-14-9-15(22)4-5-16(14)18/h4-5,7-9,12-13,18-19,28H,2-3,6,10-11H2,1H3,(H2,23,29,30)(H,24,25,26)/t13-,18-,19-/m0/s1. The lowest BCUT2D eigenvalue weighted by atomic mass is 10.0. The number of nitrogens with two attached hydrogens (primary N) is 1. The normalized spacial score (nSPS) is 17.9. The van der Waals surface area contributed by atoms with Crippen LogP contribution in [0.25, 0.3) is 11.0 Å². The minimum atomic E-state index is -4.05. The summed E-state index contributed by atoms with van der Waals surface area (Å²) in [5.41, 5.74) is 3.14. The van der Waals surface area contributed by atoms with Gasteiger partial charge in [0.05, 0.1) is 30.7 Å². The van der Waals surface area contributed by atoms with E-state index in [0.29, 0.717) is 12.1 Å². The van der Waals surface area contributed by atoms with E-state index in [1.165, 1.54) is 17.5 Å². The topological polar surface area (TPSA) is 132 Å². The fourth-order valence-electron chi connectivity index (χ4n) is 4.20. The molecule has 32 heavy (non-hydrogen) atoms. The van der Waals surface area contributed by atoms with Crippen molar-refractivity contribution in [1.29, 1.82) is 0 Å². The third-order valence-corrected chi connectivity index (χ3v) is 6.65. The van der Waals surface area contributed by atoms with Gasteiger partial charge < -0.3 is 15.0 Å². The molecule has 4 rings (SSSR count). The van der Waals surface area contributed by atoms with Crippen molar-refractivity contribution in [3.8, 4) is 0 Å². The zero-order valence-corrected chi connectivity index (χ0v) is 19.2. The van der Waals surface area contributed by atoms with E-state index in [1.807, 2.05) is 35.9 Å². The number of benzene rings is 1. The molecule has 0 fully saturated rings. The summed E-state index contributed by atoms with van der Waals surface area (Å²) in [6.45, 7) is 1.91. The minimum Gasteiger partial charge on any atom is -0.391 e. The third kappa shape index (κ3) is 5.05. The number of nitrogens with one attached hydrogen (secondary N) is 1. The third-order valence-electron chi connectivity index (χ3n) is 5.95. The lowest BCUT2D eigenvalue weighted by molar-refractivity contribution is 0.0616. The number of nitrogens with zero attached hydrogens (tertiary/aromatic N) is 3. The average Bonchev–Trinajstić information content (AvgIpc) is 3.32. The van der Waals surface area contributed by atoms with Gasteiger partial charge in [-0.15, -0.1) is 0 Å². The molecule has 0 bridgehead atoms. The predicted molar refractivity (Wildman–Crippen MR) is 123 cm³/mol. The Kier molecular flexibility index (Phi) is 6.68. The zero-order chi connectivity index (χ0) is 22.9. The molecule has 0 unspecified atom stereocenters. The molecule has 0 spiro atoms. The summed E-state index contributed by atoms with van der Waals surface area (Å²) in [4.78, 5) is 8.83. The second kappa shape index (κ2) is 9.32. The van der Waals surface area contributed by atoms with Gasteiger partial charge in [-0.05, 0) is 48.6 Å². The van der Waals surface area contributed by atoms with Gasteiger partial charge in [0.25, 0.3) is 0 Å². The number of fused-ring (bicyclic) bond motifs is 2. The maximum Gasteiger partial charge on any atom is 0.333 e. The summed E-state index contributed by atoms with van der Waals surface area (Å²) in [6.07, 6.45) is 4.92. The van der Waals surface area contributed by atoms with Crippen LogP contribution >= 0.6 is 11.6 Å². The lowest BCUT2D eigenvalue weighted by Crippen LogP contribution is -2.31. The molecule has 2 heterocycles. The molecule has 0 saturated heterocycles. The maximum absolute atomic E-state index is 11.1. The first kappa shape index (κ1) is 22.9. The smallest absolute Gasteiger partial charge is 0.333 e. The van der Waals surface area contributed by atoms with Crippen LogP contribution in [0, 0.1) is 5.92 Å². The summed E-state index contributed by atoms with van der Waals surface area (Å²) in [5.74, 6) is 0.327. The van der Waals surface area contributed by atoms with Gasteiger partial charge >= 0.3 is 10.3 Å². The molecule has 0 amide bonds. The Balaban J connectivity index is 1.51. The molecule has 172 valence electrons. The highest BCUT2D eigenvalue weighted by Gasteiger charge is 2.25. The van der Waals surface area contributed by atoms with Crippen LogP contribution in [-0.2, 0) is 27.5 Å². The molecular formula is C21H26ClN5O4S. The number of aromatic nitrogens is 3. The van der Waals surface area contributed by atoms with E-state index in [4.69, 9.17) is 16.7 Å². The van der Waals surface area contributed by atoms with Crippen LogP contribution in [-0.4, -0.2) is 40.8 Å². The maximum atomic E-state index is 11.1. The Bertz CT molecular complexity index is 1220. The monoisotopic (exact) mass is 479 g/mol. The minimum absolute atomic E-state index is 0.133. The molecular weight excluding hydrogens is 454 g/mol. The Morgan fingerprint density at radius 2 is 2.19 bits per heavy atom. The summed E-state index contributed by atoms with van der Waals surface area (Å²) >= 11 is 6.12. The van der Waals surface area contributed by atoms with Crippen molar-refractivity contribution in [3.05, 3.63) is 52.9 Å². The quantitative estimate of drug-likeness (QED) is 0.429. The number of hydrogen-bond acceptors (Lipinski definition) is 7. The second-order valence-electron chi connectivity index (χ2n) is 8.02. The Hall–Kier alpha value is -2.24. The number of rotatable bonds is 9. The molecule has 0 saturated carbocycles. The fourth-order valence-corrected chi connectivity index (χ4v) is 4.76. The van der Waals surface area contributed by atoms with Crippen LogP contribution in [0.5, 0.6) is 0 Å². The number of halogens is 1. The molecule has 0 aliphatic heterocycles. The SMILES string of the molecule is CC[C@@H](COS(N)(=O)=O)[C@@H](O)Cn1ccc2c(N[C@H]3CCc4cc(Cl)ccc43)ncnc21. The van der Waals surface area contributed by atoms with Crippen LogP contribution in [0.1, 0.15) is 36.9 Å². The van der Waals surface area contributed by atoms with Crippen molar-refractivity contribution in [3.63, 3.8) is 0 Å². The highest BCUT2D eigenvalue weighted by molar-refractivity contribution is 7.84. The van der Waals surface area contributed by atoms with E-state index in [2.05, 4.69) is 25.5 Å². The van der Waals surface area contributed by atoms with Crippen molar-refractivity contribution in [1.82, 2.24) is 14.5 Å². The first-order chi connectivity index (χ1) is 15.2. The molecule has 3 atom stereocenters. The van der Waals surface area contributed by atoms with E-state index in [0.717, 1.165) is 29.1 Å². The number of aliphatic hydroxyl groups is 1. The van der Waals surface area contributed by atoms with Gasteiger partial charge in [-0.25, -0.2) is 15.1 Å². The van der Waals surface area contributed by atoms with E-state index < -0.39 is 22.3 Å². The van der Waals surface area contributed by atoms with Crippen molar-refractivity contribution < 1.29 is 17.7 Å². The van der Waals surface area contributed by atoms with Crippen molar-refractivity contribution >= 4 is 38.8 Å². The Labute approximate surface area is 191 Å². The van der Waals surface area contributed by atoms with E-state index in [9.17, 15) is 13.5 Å². The molecule has 1 aliphatic carbocycles. The number of anilines is 1. The van der Waals surface area contributed by atoms with Gasteiger partial charge in [-0.3, -0.25) is 4.18 Å². The van der Waals surface area contributed by atoms with Crippen molar-refractivity contribution in [2.75, 3.05) is 11.9 Å².